The molecule has 11 atom stereocenters. The molecule has 4 aliphatic carbocycles. The van der Waals surface area contributed by atoms with Crippen LogP contribution in [0.5, 0.6) is 0 Å². The summed E-state index contributed by atoms with van der Waals surface area (Å²) < 4.78 is 23.2. The van der Waals surface area contributed by atoms with E-state index in [1.54, 1.807) is 6.92 Å². The van der Waals surface area contributed by atoms with Crippen molar-refractivity contribution >= 4 is 23.9 Å². The second kappa shape index (κ2) is 13.3. The van der Waals surface area contributed by atoms with E-state index in [0.29, 0.717) is 24.0 Å². The first-order valence-corrected chi connectivity index (χ1v) is 16.6. The first-order chi connectivity index (χ1) is 20.2. The highest BCUT2D eigenvalue weighted by atomic mass is 16.6. The van der Waals surface area contributed by atoms with Gasteiger partial charge in [-0.15, -0.1) is 0 Å². The minimum Gasteiger partial charge on any atom is -0.463 e. The molecule has 0 aromatic heterocycles. The van der Waals surface area contributed by atoms with Crippen molar-refractivity contribution in [1.29, 1.82) is 0 Å². The predicted octanol–water partition coefficient (Wildman–Crippen LogP) is 6.59. The molecule has 0 unspecified atom stereocenters. The molecule has 43 heavy (non-hydrogen) atoms. The maximum Gasteiger partial charge on any atom is 0.333 e. The van der Waals surface area contributed by atoms with Gasteiger partial charge in [-0.1, -0.05) is 26.8 Å². The highest BCUT2D eigenvalue weighted by molar-refractivity contribution is 5.87. The van der Waals surface area contributed by atoms with Crippen molar-refractivity contribution in [1.82, 2.24) is 0 Å². The quantitative estimate of drug-likeness (QED) is 0.165. The van der Waals surface area contributed by atoms with E-state index in [4.69, 9.17) is 18.9 Å². The van der Waals surface area contributed by atoms with E-state index >= 15 is 0 Å². The lowest BCUT2D eigenvalue weighted by Crippen LogP contribution is -2.63. The molecule has 0 radical (unpaired) electrons. The third-order valence-electron chi connectivity index (χ3n) is 12.1. The summed E-state index contributed by atoms with van der Waals surface area (Å²) in [4.78, 5) is 48.9. The summed E-state index contributed by atoms with van der Waals surface area (Å²) in [6.07, 6.45) is 9.27. The van der Waals surface area contributed by atoms with Crippen LogP contribution in [-0.2, 0) is 38.1 Å². The summed E-state index contributed by atoms with van der Waals surface area (Å²) in [5, 5.41) is 0. The maximum absolute atomic E-state index is 12.6. The zero-order valence-electron chi connectivity index (χ0n) is 27.6. The second-order valence-corrected chi connectivity index (χ2v) is 14.4. The van der Waals surface area contributed by atoms with Gasteiger partial charge in [0.1, 0.15) is 18.3 Å². The molecule has 0 aromatic rings. The Morgan fingerprint density at radius 3 is 2.16 bits per heavy atom. The molecule has 8 nitrogen and oxygen atoms in total. The minimum atomic E-state index is -0.265. The fourth-order valence-electron chi connectivity index (χ4n) is 10.2. The summed E-state index contributed by atoms with van der Waals surface area (Å²) >= 11 is 0. The third-order valence-corrected chi connectivity index (χ3v) is 12.1. The van der Waals surface area contributed by atoms with Crippen LogP contribution < -0.4 is 0 Å². The molecule has 0 spiro atoms. The molecule has 4 rings (SSSR count). The van der Waals surface area contributed by atoms with Crippen LogP contribution in [0, 0.1) is 46.3 Å². The summed E-state index contributed by atoms with van der Waals surface area (Å²) in [5.41, 5.74) is 0.375. The molecule has 0 saturated heterocycles. The van der Waals surface area contributed by atoms with Crippen LogP contribution >= 0.6 is 0 Å². The molecular formula is C35H54O8. The van der Waals surface area contributed by atoms with E-state index in [0.717, 1.165) is 57.8 Å². The lowest BCUT2D eigenvalue weighted by molar-refractivity contribution is -0.224. The summed E-state index contributed by atoms with van der Waals surface area (Å²) in [6.45, 7) is 15.5. The Bertz CT molecular complexity index is 1100. The van der Waals surface area contributed by atoms with Gasteiger partial charge in [0.15, 0.2) is 0 Å². The van der Waals surface area contributed by atoms with Crippen LogP contribution in [0.3, 0.4) is 0 Å². The molecule has 0 aliphatic heterocycles. The Labute approximate surface area is 258 Å². The normalized spacial score (nSPS) is 39.4. The molecule has 4 aliphatic rings. The number of rotatable bonds is 9. The van der Waals surface area contributed by atoms with Crippen LogP contribution in [0.1, 0.15) is 113 Å². The Kier molecular flexibility index (Phi) is 10.4. The highest BCUT2D eigenvalue weighted by Crippen LogP contribution is 2.69. The molecule has 4 fully saturated rings. The van der Waals surface area contributed by atoms with Crippen molar-refractivity contribution < 1.29 is 38.1 Å². The van der Waals surface area contributed by atoms with E-state index in [2.05, 4.69) is 20.8 Å². The van der Waals surface area contributed by atoms with Crippen molar-refractivity contribution in [3.8, 4) is 0 Å². The Morgan fingerprint density at radius 1 is 0.860 bits per heavy atom. The van der Waals surface area contributed by atoms with Gasteiger partial charge in [-0.05, 0) is 107 Å². The van der Waals surface area contributed by atoms with Gasteiger partial charge in [0.05, 0.1) is 6.61 Å². The second-order valence-electron chi connectivity index (χ2n) is 14.4. The van der Waals surface area contributed by atoms with Crippen molar-refractivity contribution in [3.05, 3.63) is 11.6 Å². The SMILES string of the molecule is CCOC(=O)/C(C)=C/CC[C@@H](C)[C@H]1CC[C@H]2[C@@H]3[C@H](OC(C)=O)C[C@@H]4C[C@H](OC(C)=O)CC[C@]4(C)[C@H]3C[C@H](OC(C)=O)[C@]12C. The highest BCUT2D eigenvalue weighted by Gasteiger charge is 2.67. The number of carbonyl (C=O) groups is 4. The largest absolute Gasteiger partial charge is 0.463 e. The molecule has 0 N–H and O–H groups in total. The molecule has 0 heterocycles. The first-order valence-electron chi connectivity index (χ1n) is 16.6. The maximum atomic E-state index is 12.6. The van der Waals surface area contributed by atoms with Gasteiger partial charge in [-0.3, -0.25) is 14.4 Å². The van der Waals surface area contributed by atoms with Crippen LogP contribution in [0.2, 0.25) is 0 Å². The van der Waals surface area contributed by atoms with E-state index in [9.17, 15) is 19.2 Å². The molecule has 242 valence electrons. The summed E-state index contributed by atoms with van der Waals surface area (Å²) in [7, 11) is 0. The fourth-order valence-corrected chi connectivity index (χ4v) is 10.2. The Hall–Kier alpha value is -2.38. The van der Waals surface area contributed by atoms with Crippen LogP contribution in [0.15, 0.2) is 11.6 Å². The average Bonchev–Trinajstić information content (AvgIpc) is 3.27. The fraction of sp³-hybridized carbons (Fsp3) is 0.829. The van der Waals surface area contributed by atoms with E-state index in [1.165, 1.54) is 20.8 Å². The topological polar surface area (TPSA) is 105 Å². The van der Waals surface area contributed by atoms with Gasteiger partial charge < -0.3 is 18.9 Å². The van der Waals surface area contributed by atoms with Crippen LogP contribution in [-0.4, -0.2) is 48.8 Å². The monoisotopic (exact) mass is 602 g/mol. The molecule has 4 saturated carbocycles. The number of esters is 4. The van der Waals surface area contributed by atoms with Crippen molar-refractivity contribution in [2.45, 2.75) is 131 Å². The first kappa shape index (κ1) is 33.5. The van der Waals surface area contributed by atoms with E-state index < -0.39 is 0 Å². The predicted molar refractivity (Wildman–Crippen MR) is 161 cm³/mol. The summed E-state index contributed by atoms with van der Waals surface area (Å²) in [5.74, 6) is 0.612. The van der Waals surface area contributed by atoms with E-state index in [1.807, 2.05) is 13.0 Å². The third kappa shape index (κ3) is 6.68. The van der Waals surface area contributed by atoms with Crippen molar-refractivity contribution in [2.24, 2.45) is 46.3 Å². The summed E-state index contributed by atoms with van der Waals surface area (Å²) in [6, 6.07) is 0. The average molecular weight is 603 g/mol. The number of hydrogen-bond donors (Lipinski definition) is 0. The van der Waals surface area contributed by atoms with Crippen LogP contribution in [0.4, 0.5) is 0 Å². The standard InChI is InChI=1S/C35H54O8/c1-9-40-33(39)21(3)12-10-11-20(2)27-13-14-28-32-29(19-31(35(27,28)8)43-24(6)38)34(7)16-15-26(41-22(4)36)17-25(34)18-30(32)42-23(5)37/h12,20,25-32H,9-11,13-19H2,1-8H3/b21-12+/t20-,25+,26-,27-,28+,29+,30-,31+,32+,34+,35-/m1/s1. The lowest BCUT2D eigenvalue weighted by Gasteiger charge is -2.64. The zero-order chi connectivity index (χ0) is 31.7. The lowest BCUT2D eigenvalue weighted by atomic mass is 9.43. The van der Waals surface area contributed by atoms with Gasteiger partial charge in [0.25, 0.3) is 0 Å². The van der Waals surface area contributed by atoms with Gasteiger partial charge >= 0.3 is 23.9 Å². The van der Waals surface area contributed by atoms with Crippen molar-refractivity contribution in [2.75, 3.05) is 6.61 Å². The van der Waals surface area contributed by atoms with E-state index in [-0.39, 0.29) is 76.7 Å². The van der Waals surface area contributed by atoms with Gasteiger partial charge in [0, 0.05) is 37.7 Å². The Balaban J connectivity index is 1.64. The number of allylic oxidation sites excluding steroid dienone is 1. The number of ether oxygens (including phenoxy) is 4. The van der Waals surface area contributed by atoms with Gasteiger partial charge in [0.2, 0.25) is 0 Å². The van der Waals surface area contributed by atoms with Gasteiger partial charge in [-0.2, -0.15) is 0 Å². The smallest absolute Gasteiger partial charge is 0.333 e. The minimum absolute atomic E-state index is 0.0170. The molecule has 8 heteroatoms. The number of hydrogen-bond acceptors (Lipinski definition) is 8. The molecule has 0 amide bonds. The molecular weight excluding hydrogens is 548 g/mol. The number of fused-ring (bicyclic) bond motifs is 5. The molecule has 0 bridgehead atoms. The molecule has 0 aromatic carbocycles. The zero-order valence-corrected chi connectivity index (χ0v) is 27.6. The number of carbonyl (C=O) groups excluding carboxylic acids is 4. The van der Waals surface area contributed by atoms with Gasteiger partial charge in [-0.25, -0.2) is 4.79 Å². The van der Waals surface area contributed by atoms with Crippen LogP contribution in [0.25, 0.3) is 0 Å². The Morgan fingerprint density at radius 2 is 1.53 bits per heavy atom. The van der Waals surface area contributed by atoms with Crippen molar-refractivity contribution in [3.63, 3.8) is 0 Å².